The van der Waals surface area contributed by atoms with E-state index in [2.05, 4.69) is 4.98 Å². The zero-order chi connectivity index (χ0) is 10.3. The fraction of sp³-hybridized carbons (Fsp3) is 0.333. The first-order chi connectivity index (χ1) is 6.61. The molecule has 1 aliphatic heterocycles. The quantitative estimate of drug-likeness (QED) is 0.731. The van der Waals surface area contributed by atoms with Crippen LogP contribution in [0.15, 0.2) is 5.03 Å². The number of hydrogen-bond acceptors (Lipinski definition) is 4. The minimum absolute atomic E-state index is 0.159. The fourth-order valence-electron chi connectivity index (χ4n) is 1.62. The largest absolute Gasteiger partial charge is 0.478 e. The van der Waals surface area contributed by atoms with Crippen LogP contribution < -0.4 is 5.73 Å². The van der Waals surface area contributed by atoms with Gasteiger partial charge in [-0.15, -0.1) is 11.8 Å². The number of pyridine rings is 1. The van der Waals surface area contributed by atoms with Crippen LogP contribution in [0, 0.1) is 6.92 Å². The molecular weight excluding hydrogens is 200 g/mol. The Morgan fingerprint density at radius 3 is 3.00 bits per heavy atom. The van der Waals surface area contributed by atoms with Crippen molar-refractivity contribution in [3.8, 4) is 0 Å². The highest BCUT2D eigenvalue weighted by Gasteiger charge is 2.23. The first kappa shape index (κ1) is 9.33. The van der Waals surface area contributed by atoms with Gasteiger partial charge in [-0.05, 0) is 13.3 Å². The molecule has 74 valence electrons. The monoisotopic (exact) mass is 210 g/mol. The van der Waals surface area contributed by atoms with E-state index < -0.39 is 5.97 Å². The highest BCUT2D eigenvalue weighted by molar-refractivity contribution is 7.99. The van der Waals surface area contributed by atoms with Gasteiger partial charge in [0, 0.05) is 11.3 Å². The number of nitrogen functional groups attached to an aromatic ring is 1. The van der Waals surface area contributed by atoms with Crippen molar-refractivity contribution in [3.05, 3.63) is 16.8 Å². The van der Waals surface area contributed by atoms with Crippen molar-refractivity contribution in [2.75, 3.05) is 11.5 Å². The number of carbonyl (C=O) groups is 1. The second kappa shape index (κ2) is 3.16. The molecule has 0 aliphatic carbocycles. The van der Waals surface area contributed by atoms with E-state index in [-0.39, 0.29) is 5.56 Å². The molecule has 0 bridgehead atoms. The number of nitrogens with two attached hydrogens (primary N) is 1. The summed E-state index contributed by atoms with van der Waals surface area (Å²) >= 11 is 1.63. The highest BCUT2D eigenvalue weighted by atomic mass is 32.2. The zero-order valence-electron chi connectivity index (χ0n) is 7.70. The lowest BCUT2D eigenvalue weighted by molar-refractivity contribution is 0.0696. The lowest BCUT2D eigenvalue weighted by atomic mass is 10.1. The third kappa shape index (κ3) is 1.24. The van der Waals surface area contributed by atoms with Gasteiger partial charge in [-0.2, -0.15) is 0 Å². The Labute approximate surface area is 85.5 Å². The van der Waals surface area contributed by atoms with E-state index in [1.54, 1.807) is 18.7 Å². The van der Waals surface area contributed by atoms with Gasteiger partial charge in [-0.3, -0.25) is 0 Å². The second-order valence-electron chi connectivity index (χ2n) is 3.17. The van der Waals surface area contributed by atoms with Gasteiger partial charge >= 0.3 is 5.97 Å². The first-order valence-corrected chi connectivity index (χ1v) is 5.25. The maximum atomic E-state index is 10.9. The molecule has 0 unspecified atom stereocenters. The average Bonchev–Trinajstić information content (AvgIpc) is 2.50. The maximum Gasteiger partial charge on any atom is 0.339 e. The number of aromatic nitrogens is 1. The fourth-order valence-corrected chi connectivity index (χ4v) is 2.70. The smallest absolute Gasteiger partial charge is 0.339 e. The molecule has 14 heavy (non-hydrogen) atoms. The summed E-state index contributed by atoms with van der Waals surface area (Å²) in [6, 6.07) is 0. The number of hydrogen-bond donors (Lipinski definition) is 2. The predicted octanol–water partition coefficient (Wildman–Crippen LogP) is 1.32. The molecule has 0 aromatic carbocycles. The molecule has 5 heteroatoms. The van der Waals surface area contributed by atoms with Crippen molar-refractivity contribution in [2.24, 2.45) is 0 Å². The Morgan fingerprint density at radius 1 is 1.64 bits per heavy atom. The molecule has 1 aliphatic rings. The summed E-state index contributed by atoms with van der Waals surface area (Å²) in [4.78, 5) is 15.2. The number of carboxylic acids is 1. The van der Waals surface area contributed by atoms with Crippen molar-refractivity contribution >= 4 is 23.4 Å². The van der Waals surface area contributed by atoms with E-state index in [0.29, 0.717) is 11.4 Å². The van der Waals surface area contributed by atoms with Gasteiger partial charge in [-0.25, -0.2) is 9.78 Å². The Hall–Kier alpha value is -1.23. The van der Waals surface area contributed by atoms with Crippen LogP contribution in [-0.4, -0.2) is 21.8 Å². The van der Waals surface area contributed by atoms with Gasteiger partial charge < -0.3 is 10.8 Å². The summed E-state index contributed by atoms with van der Waals surface area (Å²) < 4.78 is 0. The second-order valence-corrected chi connectivity index (χ2v) is 4.26. The third-order valence-electron chi connectivity index (χ3n) is 2.29. The van der Waals surface area contributed by atoms with Crippen molar-refractivity contribution in [1.29, 1.82) is 0 Å². The van der Waals surface area contributed by atoms with E-state index in [1.165, 1.54) is 0 Å². The van der Waals surface area contributed by atoms with Gasteiger partial charge in [0.15, 0.2) is 0 Å². The summed E-state index contributed by atoms with van der Waals surface area (Å²) in [5.74, 6) is -0.0538. The SMILES string of the molecule is Cc1nc2c(c(N)c1C(=O)O)CCS2. The Bertz CT molecular complexity index is 418. The van der Waals surface area contributed by atoms with Crippen LogP contribution in [0.2, 0.25) is 0 Å². The summed E-state index contributed by atoms with van der Waals surface area (Å²) in [6.07, 6.45) is 0.819. The van der Waals surface area contributed by atoms with Crippen molar-refractivity contribution in [1.82, 2.24) is 4.98 Å². The van der Waals surface area contributed by atoms with Gasteiger partial charge in [0.1, 0.15) is 10.6 Å². The zero-order valence-corrected chi connectivity index (χ0v) is 8.52. The highest BCUT2D eigenvalue weighted by Crippen LogP contribution is 2.35. The van der Waals surface area contributed by atoms with Crippen molar-refractivity contribution in [2.45, 2.75) is 18.4 Å². The third-order valence-corrected chi connectivity index (χ3v) is 3.31. The number of thioether (sulfide) groups is 1. The molecule has 0 radical (unpaired) electrons. The number of nitrogens with zero attached hydrogens (tertiary/aromatic N) is 1. The standard InChI is InChI=1S/C9H10N2O2S/c1-4-6(9(12)13)7(10)5-2-3-14-8(5)11-4/h2-3H2,1H3,(H2,10,11)(H,12,13). The molecule has 4 nitrogen and oxygen atoms in total. The molecule has 0 saturated heterocycles. The van der Waals surface area contributed by atoms with Gasteiger partial charge in [0.05, 0.1) is 11.4 Å². The normalized spacial score (nSPS) is 14.1. The van der Waals surface area contributed by atoms with E-state index in [1.807, 2.05) is 0 Å². The topological polar surface area (TPSA) is 76.2 Å². The molecule has 2 rings (SSSR count). The molecule has 0 saturated carbocycles. The van der Waals surface area contributed by atoms with Crippen LogP contribution in [0.4, 0.5) is 5.69 Å². The number of aromatic carboxylic acids is 1. The summed E-state index contributed by atoms with van der Waals surface area (Å²) in [7, 11) is 0. The average molecular weight is 210 g/mol. The molecule has 0 amide bonds. The molecule has 2 heterocycles. The number of anilines is 1. The van der Waals surface area contributed by atoms with Gasteiger partial charge in [0.2, 0.25) is 0 Å². The van der Waals surface area contributed by atoms with Crippen molar-refractivity contribution in [3.63, 3.8) is 0 Å². The Morgan fingerprint density at radius 2 is 2.36 bits per heavy atom. The van der Waals surface area contributed by atoms with Crippen LogP contribution >= 0.6 is 11.8 Å². The first-order valence-electron chi connectivity index (χ1n) is 4.26. The lowest BCUT2D eigenvalue weighted by Crippen LogP contribution is -2.09. The van der Waals surface area contributed by atoms with Crippen LogP contribution in [0.25, 0.3) is 0 Å². The summed E-state index contributed by atoms with van der Waals surface area (Å²) in [6.45, 7) is 1.68. The molecule has 1 aromatic rings. The number of fused-ring (bicyclic) bond motifs is 1. The molecular formula is C9H10N2O2S. The number of carboxylic acid groups (broad SMARTS) is 1. The van der Waals surface area contributed by atoms with Gasteiger partial charge in [0.25, 0.3) is 0 Å². The van der Waals surface area contributed by atoms with E-state index in [9.17, 15) is 4.79 Å². The number of rotatable bonds is 1. The van der Waals surface area contributed by atoms with E-state index in [0.717, 1.165) is 22.8 Å². The lowest BCUT2D eigenvalue weighted by Gasteiger charge is -2.08. The summed E-state index contributed by atoms with van der Waals surface area (Å²) in [5, 5.41) is 9.84. The summed E-state index contributed by atoms with van der Waals surface area (Å²) in [5.41, 5.74) is 7.76. The molecule has 3 N–H and O–H groups in total. The van der Waals surface area contributed by atoms with Crippen LogP contribution in [0.3, 0.4) is 0 Å². The van der Waals surface area contributed by atoms with E-state index in [4.69, 9.17) is 10.8 Å². The maximum absolute atomic E-state index is 10.9. The number of aryl methyl sites for hydroxylation is 1. The van der Waals surface area contributed by atoms with Gasteiger partial charge in [-0.1, -0.05) is 0 Å². The Balaban J connectivity index is 2.68. The minimum Gasteiger partial charge on any atom is -0.478 e. The molecule has 0 atom stereocenters. The van der Waals surface area contributed by atoms with Crippen LogP contribution in [0.5, 0.6) is 0 Å². The predicted molar refractivity (Wildman–Crippen MR) is 54.8 cm³/mol. The minimum atomic E-state index is -0.993. The van der Waals surface area contributed by atoms with Crippen LogP contribution in [-0.2, 0) is 6.42 Å². The van der Waals surface area contributed by atoms with Crippen LogP contribution in [0.1, 0.15) is 21.6 Å². The Kier molecular flexibility index (Phi) is 2.11. The van der Waals surface area contributed by atoms with E-state index >= 15 is 0 Å². The van der Waals surface area contributed by atoms with Crippen molar-refractivity contribution < 1.29 is 9.90 Å². The molecule has 0 spiro atoms. The molecule has 0 fully saturated rings. The molecule has 1 aromatic heterocycles.